The van der Waals surface area contributed by atoms with Crippen molar-refractivity contribution in [2.45, 2.75) is 13.1 Å². The number of hydrogen-bond donors (Lipinski definition) is 1. The van der Waals surface area contributed by atoms with E-state index < -0.39 is 4.92 Å². The second-order valence-corrected chi connectivity index (χ2v) is 5.87. The van der Waals surface area contributed by atoms with Crippen LogP contribution in [0.1, 0.15) is 21.1 Å². The van der Waals surface area contributed by atoms with Gasteiger partial charge in [-0.1, -0.05) is 11.6 Å². The fraction of sp³-hybridized carbons (Fsp3) is 0.231. The monoisotopic (exact) mass is 340 g/mol. The Morgan fingerprint density at radius 3 is 2.86 bits per heavy atom. The molecule has 0 aliphatic carbocycles. The minimum absolute atomic E-state index is 0.0701. The van der Waals surface area contributed by atoms with E-state index >= 15 is 0 Å². The van der Waals surface area contributed by atoms with Crippen LogP contribution in [-0.4, -0.2) is 27.8 Å². The second kappa shape index (κ2) is 6.82. The number of carbonyl (C=O) groups excluding carboxylic acids is 1. The number of nitro groups is 1. The first-order valence-electron chi connectivity index (χ1n) is 6.25. The van der Waals surface area contributed by atoms with Crippen molar-refractivity contribution in [1.82, 2.24) is 9.88 Å². The highest BCUT2D eigenvalue weighted by Gasteiger charge is 2.18. The van der Waals surface area contributed by atoms with Gasteiger partial charge in [0, 0.05) is 42.7 Å². The molecule has 0 saturated heterocycles. The van der Waals surface area contributed by atoms with Crippen LogP contribution < -0.4 is 5.73 Å². The SMILES string of the molecule is CN(Cc1cc([N+](=O)[O-])ccc1Cl)C(=O)c1csc(CN)n1. The molecule has 2 N–H and O–H groups in total. The van der Waals surface area contributed by atoms with E-state index in [1.165, 1.54) is 34.4 Å². The highest BCUT2D eigenvalue weighted by atomic mass is 35.5. The summed E-state index contributed by atoms with van der Waals surface area (Å²) in [6.45, 7) is 0.424. The molecule has 7 nitrogen and oxygen atoms in total. The molecular formula is C13H13ClN4O3S. The third-order valence-electron chi connectivity index (χ3n) is 2.94. The Morgan fingerprint density at radius 1 is 1.55 bits per heavy atom. The Morgan fingerprint density at radius 2 is 2.27 bits per heavy atom. The third-order valence-corrected chi connectivity index (χ3v) is 4.18. The molecule has 0 saturated carbocycles. The molecule has 0 fully saturated rings. The molecule has 2 rings (SSSR count). The Labute approximate surface area is 135 Å². The molecule has 2 aromatic rings. The second-order valence-electron chi connectivity index (χ2n) is 4.52. The van der Waals surface area contributed by atoms with E-state index in [2.05, 4.69) is 4.98 Å². The summed E-state index contributed by atoms with van der Waals surface area (Å²) in [5.74, 6) is -0.293. The molecule has 1 aromatic heterocycles. The zero-order valence-electron chi connectivity index (χ0n) is 11.7. The van der Waals surface area contributed by atoms with E-state index in [1.807, 2.05) is 0 Å². The molecule has 0 atom stereocenters. The van der Waals surface area contributed by atoms with Crippen molar-refractivity contribution in [3.63, 3.8) is 0 Å². The van der Waals surface area contributed by atoms with E-state index in [0.29, 0.717) is 21.3 Å². The van der Waals surface area contributed by atoms with Crippen LogP contribution in [-0.2, 0) is 13.1 Å². The lowest BCUT2D eigenvalue weighted by Crippen LogP contribution is -2.26. The lowest BCUT2D eigenvalue weighted by atomic mass is 10.2. The topological polar surface area (TPSA) is 102 Å². The van der Waals surface area contributed by atoms with Gasteiger partial charge in [-0.2, -0.15) is 0 Å². The minimum Gasteiger partial charge on any atom is -0.336 e. The number of aromatic nitrogens is 1. The molecule has 22 heavy (non-hydrogen) atoms. The van der Waals surface area contributed by atoms with Crippen LogP contribution in [0.4, 0.5) is 5.69 Å². The van der Waals surface area contributed by atoms with Gasteiger partial charge in [-0.25, -0.2) is 4.98 Å². The van der Waals surface area contributed by atoms with Crippen molar-refractivity contribution in [3.05, 3.63) is 55.0 Å². The van der Waals surface area contributed by atoms with Crippen molar-refractivity contribution in [2.75, 3.05) is 7.05 Å². The fourth-order valence-electron chi connectivity index (χ4n) is 1.82. The first kappa shape index (κ1) is 16.3. The van der Waals surface area contributed by atoms with Gasteiger partial charge in [-0.15, -0.1) is 11.3 Å². The summed E-state index contributed by atoms with van der Waals surface area (Å²) in [7, 11) is 1.58. The number of nitro benzene ring substituents is 1. The molecule has 0 aliphatic rings. The minimum atomic E-state index is -0.504. The number of nitrogens with zero attached hydrogens (tertiary/aromatic N) is 3. The van der Waals surface area contributed by atoms with Gasteiger partial charge in [0.1, 0.15) is 10.7 Å². The van der Waals surface area contributed by atoms with E-state index in [9.17, 15) is 14.9 Å². The number of non-ortho nitro benzene ring substituents is 1. The lowest BCUT2D eigenvalue weighted by molar-refractivity contribution is -0.384. The molecule has 0 unspecified atom stereocenters. The van der Waals surface area contributed by atoms with Gasteiger partial charge in [-0.3, -0.25) is 14.9 Å². The zero-order valence-corrected chi connectivity index (χ0v) is 13.2. The Hall–Kier alpha value is -2.03. The highest BCUT2D eigenvalue weighted by molar-refractivity contribution is 7.09. The summed E-state index contributed by atoms with van der Waals surface area (Å²) in [5.41, 5.74) is 6.20. The number of rotatable bonds is 5. The zero-order chi connectivity index (χ0) is 16.3. The van der Waals surface area contributed by atoms with Gasteiger partial charge in [-0.05, 0) is 11.6 Å². The fourth-order valence-corrected chi connectivity index (χ4v) is 2.65. The predicted molar refractivity (Wildman–Crippen MR) is 83.9 cm³/mol. The number of hydrogen-bond acceptors (Lipinski definition) is 6. The van der Waals surface area contributed by atoms with Gasteiger partial charge in [0.2, 0.25) is 0 Å². The van der Waals surface area contributed by atoms with Crippen molar-refractivity contribution < 1.29 is 9.72 Å². The first-order chi connectivity index (χ1) is 10.4. The van der Waals surface area contributed by atoms with Gasteiger partial charge < -0.3 is 10.6 Å². The normalized spacial score (nSPS) is 10.5. The maximum absolute atomic E-state index is 12.3. The molecule has 9 heteroatoms. The van der Waals surface area contributed by atoms with E-state index in [4.69, 9.17) is 17.3 Å². The molecule has 0 bridgehead atoms. The quantitative estimate of drug-likeness (QED) is 0.665. The molecular weight excluding hydrogens is 328 g/mol. The summed E-state index contributed by atoms with van der Waals surface area (Å²) in [4.78, 5) is 28.1. The number of halogens is 1. The van der Waals surface area contributed by atoms with Crippen LogP contribution >= 0.6 is 22.9 Å². The van der Waals surface area contributed by atoms with E-state index in [0.717, 1.165) is 0 Å². The molecule has 0 aliphatic heterocycles. The Kier molecular flexibility index (Phi) is 5.07. The largest absolute Gasteiger partial charge is 0.336 e. The van der Waals surface area contributed by atoms with Crippen LogP contribution in [0.5, 0.6) is 0 Å². The molecule has 0 radical (unpaired) electrons. The number of carbonyl (C=O) groups is 1. The number of nitrogens with two attached hydrogens (primary N) is 1. The van der Waals surface area contributed by atoms with Crippen molar-refractivity contribution >= 4 is 34.5 Å². The number of amides is 1. The van der Waals surface area contributed by atoms with Crippen LogP contribution in [0, 0.1) is 10.1 Å². The molecule has 0 spiro atoms. The average Bonchev–Trinajstić information content (AvgIpc) is 2.97. The van der Waals surface area contributed by atoms with Crippen LogP contribution in [0.3, 0.4) is 0 Å². The van der Waals surface area contributed by atoms with Crippen LogP contribution in [0.2, 0.25) is 5.02 Å². The molecule has 1 heterocycles. The summed E-state index contributed by atoms with van der Waals surface area (Å²) in [6, 6.07) is 4.13. The van der Waals surface area contributed by atoms with Gasteiger partial charge in [0.15, 0.2) is 0 Å². The lowest BCUT2D eigenvalue weighted by Gasteiger charge is -2.16. The molecule has 1 amide bonds. The third kappa shape index (κ3) is 3.59. The summed E-state index contributed by atoms with van der Waals surface area (Å²) in [5, 5.41) is 13.5. The van der Waals surface area contributed by atoms with E-state index in [1.54, 1.807) is 12.4 Å². The summed E-state index contributed by atoms with van der Waals surface area (Å²) < 4.78 is 0. The van der Waals surface area contributed by atoms with E-state index in [-0.39, 0.29) is 24.7 Å². The predicted octanol–water partition coefficient (Wildman–Crippen LogP) is 2.44. The maximum atomic E-state index is 12.3. The highest BCUT2D eigenvalue weighted by Crippen LogP contribution is 2.23. The van der Waals surface area contributed by atoms with Gasteiger partial charge in [0.25, 0.3) is 11.6 Å². The molecule has 116 valence electrons. The molecule has 1 aromatic carbocycles. The standard InChI is InChI=1S/C13H13ClN4O3S/c1-17(13(19)11-7-22-12(5-15)16-11)6-8-4-9(18(20)21)2-3-10(8)14/h2-4,7H,5-6,15H2,1H3. The Bertz CT molecular complexity index is 719. The Balaban J connectivity index is 2.17. The van der Waals surface area contributed by atoms with Crippen molar-refractivity contribution in [3.8, 4) is 0 Å². The number of benzene rings is 1. The maximum Gasteiger partial charge on any atom is 0.273 e. The van der Waals surface area contributed by atoms with Gasteiger partial charge >= 0.3 is 0 Å². The summed E-state index contributed by atoms with van der Waals surface area (Å²) in [6.07, 6.45) is 0. The van der Waals surface area contributed by atoms with Gasteiger partial charge in [0.05, 0.1) is 4.92 Å². The van der Waals surface area contributed by atoms with Crippen LogP contribution in [0.25, 0.3) is 0 Å². The summed E-state index contributed by atoms with van der Waals surface area (Å²) >= 11 is 7.34. The number of thiazole rings is 1. The van der Waals surface area contributed by atoms with Crippen LogP contribution in [0.15, 0.2) is 23.6 Å². The smallest absolute Gasteiger partial charge is 0.273 e. The first-order valence-corrected chi connectivity index (χ1v) is 7.51. The van der Waals surface area contributed by atoms with Crippen molar-refractivity contribution in [2.24, 2.45) is 5.73 Å². The van der Waals surface area contributed by atoms with Crippen molar-refractivity contribution in [1.29, 1.82) is 0 Å². The average molecular weight is 341 g/mol.